The molecule has 5 nitrogen and oxygen atoms in total. The molecule has 0 spiro atoms. The number of carboxylic acids is 1. The molecule has 0 radical (unpaired) electrons. The summed E-state index contributed by atoms with van der Waals surface area (Å²) in [4.78, 5) is 14.8. The van der Waals surface area contributed by atoms with E-state index in [1.54, 1.807) is 12.1 Å². The topological polar surface area (TPSA) is 82.5 Å². The molecular weight excluding hydrogens is 244 g/mol. The van der Waals surface area contributed by atoms with Crippen LogP contribution in [0.15, 0.2) is 18.3 Å². The molecule has 0 fully saturated rings. The van der Waals surface area contributed by atoms with Gasteiger partial charge >= 0.3 is 5.97 Å². The van der Waals surface area contributed by atoms with E-state index in [9.17, 15) is 4.79 Å². The molecule has 5 heteroatoms. The number of hydrogen-bond acceptors (Lipinski definition) is 4. The minimum Gasteiger partial charge on any atom is -0.478 e. The van der Waals surface area contributed by atoms with Crippen LogP contribution in [0.1, 0.15) is 42.2 Å². The van der Waals surface area contributed by atoms with Crippen molar-refractivity contribution in [2.45, 2.75) is 32.7 Å². The van der Waals surface area contributed by atoms with Crippen LogP contribution >= 0.6 is 0 Å². The highest BCUT2D eigenvalue weighted by Crippen LogP contribution is 2.09. The Morgan fingerprint density at radius 3 is 2.74 bits per heavy atom. The van der Waals surface area contributed by atoms with Crippen molar-refractivity contribution in [2.24, 2.45) is 5.92 Å². The van der Waals surface area contributed by atoms with E-state index >= 15 is 0 Å². The van der Waals surface area contributed by atoms with Gasteiger partial charge in [0.1, 0.15) is 0 Å². The Morgan fingerprint density at radius 2 is 2.21 bits per heavy atom. The van der Waals surface area contributed by atoms with Crippen LogP contribution in [0.3, 0.4) is 0 Å². The third-order valence-electron chi connectivity index (χ3n) is 3.05. The number of hydrogen-bond donors (Lipinski definition) is 3. The maximum Gasteiger partial charge on any atom is 0.337 e. The number of nitrogens with one attached hydrogen (secondary N) is 1. The lowest BCUT2D eigenvalue weighted by Gasteiger charge is -2.15. The number of nitrogens with zero attached hydrogens (tertiary/aromatic N) is 1. The lowest BCUT2D eigenvalue weighted by Crippen LogP contribution is -2.23. The SMILES string of the molecule is CCCC(CCO)CNCc1ccc(C(=O)O)cn1. The van der Waals surface area contributed by atoms with E-state index in [4.69, 9.17) is 10.2 Å². The summed E-state index contributed by atoms with van der Waals surface area (Å²) in [6.45, 7) is 3.82. The van der Waals surface area contributed by atoms with Crippen LogP contribution in [-0.2, 0) is 6.54 Å². The number of carbonyl (C=O) groups is 1. The Hall–Kier alpha value is -1.46. The van der Waals surface area contributed by atoms with Crippen LogP contribution in [0.2, 0.25) is 0 Å². The van der Waals surface area contributed by atoms with E-state index in [-0.39, 0.29) is 12.2 Å². The quantitative estimate of drug-likeness (QED) is 0.633. The number of pyridine rings is 1. The Balaban J connectivity index is 2.37. The maximum atomic E-state index is 10.7. The van der Waals surface area contributed by atoms with E-state index < -0.39 is 5.97 Å². The number of aromatic nitrogens is 1. The second kappa shape index (κ2) is 8.61. The summed E-state index contributed by atoms with van der Waals surface area (Å²) in [7, 11) is 0. The fourth-order valence-corrected chi connectivity index (χ4v) is 2.00. The van der Waals surface area contributed by atoms with Crippen LogP contribution in [0.25, 0.3) is 0 Å². The Morgan fingerprint density at radius 1 is 1.42 bits per heavy atom. The van der Waals surface area contributed by atoms with E-state index in [0.29, 0.717) is 12.5 Å². The van der Waals surface area contributed by atoms with Gasteiger partial charge in [-0.15, -0.1) is 0 Å². The highest BCUT2D eigenvalue weighted by molar-refractivity contribution is 5.87. The van der Waals surface area contributed by atoms with Crippen molar-refractivity contribution in [1.82, 2.24) is 10.3 Å². The van der Waals surface area contributed by atoms with Gasteiger partial charge in [0, 0.05) is 19.3 Å². The normalized spacial score (nSPS) is 12.3. The van der Waals surface area contributed by atoms with Crippen molar-refractivity contribution in [2.75, 3.05) is 13.2 Å². The average Bonchev–Trinajstić information content (AvgIpc) is 2.40. The van der Waals surface area contributed by atoms with Gasteiger partial charge in [0.15, 0.2) is 0 Å². The summed E-state index contributed by atoms with van der Waals surface area (Å²) in [5.41, 5.74) is 1.03. The van der Waals surface area contributed by atoms with Crippen LogP contribution in [0.5, 0.6) is 0 Å². The van der Waals surface area contributed by atoms with Gasteiger partial charge in [0.05, 0.1) is 11.3 Å². The van der Waals surface area contributed by atoms with Crippen molar-refractivity contribution >= 4 is 5.97 Å². The van der Waals surface area contributed by atoms with Crippen molar-refractivity contribution in [3.05, 3.63) is 29.6 Å². The first-order valence-electron chi connectivity index (χ1n) is 6.67. The van der Waals surface area contributed by atoms with Crippen molar-refractivity contribution in [3.8, 4) is 0 Å². The van der Waals surface area contributed by atoms with Crippen LogP contribution in [0.4, 0.5) is 0 Å². The zero-order valence-corrected chi connectivity index (χ0v) is 11.3. The molecule has 1 rings (SSSR count). The molecule has 0 aromatic carbocycles. The summed E-state index contributed by atoms with van der Waals surface area (Å²) in [5, 5.41) is 21.0. The van der Waals surface area contributed by atoms with Crippen LogP contribution in [-0.4, -0.2) is 34.3 Å². The predicted octanol–water partition coefficient (Wildman–Crippen LogP) is 1.67. The minimum atomic E-state index is -0.960. The largest absolute Gasteiger partial charge is 0.478 e. The number of rotatable bonds is 9. The molecule has 0 amide bonds. The molecule has 19 heavy (non-hydrogen) atoms. The monoisotopic (exact) mass is 266 g/mol. The van der Waals surface area contributed by atoms with Gasteiger partial charge in [-0.2, -0.15) is 0 Å². The number of aliphatic hydroxyl groups excluding tert-OH is 1. The van der Waals surface area contributed by atoms with Gasteiger partial charge in [-0.25, -0.2) is 4.79 Å². The van der Waals surface area contributed by atoms with Gasteiger partial charge in [-0.05, 0) is 37.4 Å². The highest BCUT2D eigenvalue weighted by Gasteiger charge is 2.07. The lowest BCUT2D eigenvalue weighted by molar-refractivity contribution is 0.0696. The number of aromatic carboxylic acids is 1. The first kappa shape index (κ1) is 15.6. The third-order valence-corrected chi connectivity index (χ3v) is 3.05. The Bertz CT molecular complexity index is 373. The summed E-state index contributed by atoms with van der Waals surface area (Å²) in [5.74, 6) is -0.480. The molecule has 106 valence electrons. The predicted molar refractivity (Wildman–Crippen MR) is 73.0 cm³/mol. The van der Waals surface area contributed by atoms with E-state index in [1.807, 2.05) is 0 Å². The van der Waals surface area contributed by atoms with E-state index in [0.717, 1.165) is 31.5 Å². The molecule has 0 bridgehead atoms. The van der Waals surface area contributed by atoms with Crippen molar-refractivity contribution in [3.63, 3.8) is 0 Å². The first-order valence-corrected chi connectivity index (χ1v) is 6.67. The second-order valence-corrected chi connectivity index (χ2v) is 4.64. The molecular formula is C14H22N2O3. The van der Waals surface area contributed by atoms with Crippen LogP contribution in [0, 0.1) is 5.92 Å². The van der Waals surface area contributed by atoms with Gasteiger partial charge in [-0.1, -0.05) is 13.3 Å². The van der Waals surface area contributed by atoms with E-state index in [2.05, 4.69) is 17.2 Å². The zero-order chi connectivity index (χ0) is 14.1. The third kappa shape index (κ3) is 5.81. The molecule has 0 aliphatic heterocycles. The second-order valence-electron chi connectivity index (χ2n) is 4.64. The van der Waals surface area contributed by atoms with Crippen molar-refractivity contribution in [1.29, 1.82) is 0 Å². The first-order chi connectivity index (χ1) is 9.17. The number of carboxylic acid groups (broad SMARTS) is 1. The summed E-state index contributed by atoms with van der Waals surface area (Å²) in [6, 6.07) is 3.28. The maximum absolute atomic E-state index is 10.7. The minimum absolute atomic E-state index is 0.202. The summed E-state index contributed by atoms with van der Waals surface area (Å²) < 4.78 is 0. The summed E-state index contributed by atoms with van der Waals surface area (Å²) >= 11 is 0. The molecule has 1 aromatic rings. The molecule has 1 unspecified atom stereocenters. The van der Waals surface area contributed by atoms with Gasteiger partial charge in [0.2, 0.25) is 0 Å². The molecule has 0 aliphatic carbocycles. The molecule has 0 saturated carbocycles. The fourth-order valence-electron chi connectivity index (χ4n) is 2.00. The van der Waals surface area contributed by atoms with Crippen molar-refractivity contribution < 1.29 is 15.0 Å². The van der Waals surface area contributed by atoms with Gasteiger partial charge in [0.25, 0.3) is 0 Å². The molecule has 1 atom stereocenters. The standard InChI is InChI=1S/C14H22N2O3/c1-2-3-11(6-7-17)8-15-10-13-5-4-12(9-16-13)14(18)19/h4-5,9,11,15,17H,2-3,6-8,10H2,1H3,(H,18,19). The molecule has 1 heterocycles. The smallest absolute Gasteiger partial charge is 0.337 e. The fraction of sp³-hybridized carbons (Fsp3) is 0.571. The van der Waals surface area contributed by atoms with Gasteiger partial charge in [-0.3, -0.25) is 4.98 Å². The molecule has 0 saturated heterocycles. The molecule has 1 aromatic heterocycles. The lowest BCUT2D eigenvalue weighted by atomic mass is 10.0. The number of aliphatic hydroxyl groups is 1. The Kier molecular flexibility index (Phi) is 7.07. The zero-order valence-electron chi connectivity index (χ0n) is 11.3. The Labute approximate surface area is 113 Å². The highest BCUT2D eigenvalue weighted by atomic mass is 16.4. The average molecular weight is 266 g/mol. The van der Waals surface area contributed by atoms with Crippen LogP contribution < -0.4 is 5.32 Å². The molecule has 0 aliphatic rings. The summed E-state index contributed by atoms with van der Waals surface area (Å²) in [6.07, 6.45) is 4.39. The van der Waals surface area contributed by atoms with Gasteiger partial charge < -0.3 is 15.5 Å². The van der Waals surface area contributed by atoms with E-state index in [1.165, 1.54) is 6.20 Å². The molecule has 3 N–H and O–H groups in total.